The largest absolute Gasteiger partial charge is 0.469 e. The Hall–Kier alpha value is -1.78. The lowest BCUT2D eigenvalue weighted by atomic mass is 9.64. The van der Waals surface area contributed by atoms with Crippen molar-refractivity contribution in [1.29, 1.82) is 0 Å². The summed E-state index contributed by atoms with van der Waals surface area (Å²) >= 11 is 0. The fourth-order valence-electron chi connectivity index (χ4n) is 5.36. The molecular formula is C28H50N4O5S. The summed E-state index contributed by atoms with van der Waals surface area (Å²) in [6.45, 7) is 12.7. The fourth-order valence-corrected chi connectivity index (χ4v) is 5.36. The number of methoxy groups -OCH3 is 1. The maximum Gasteiger partial charge on any atom is 0.410 e. The number of carbonyl (C=O) groups is 2. The minimum atomic E-state index is -0.515. The van der Waals surface area contributed by atoms with Crippen LogP contribution in [0.25, 0.3) is 0 Å². The van der Waals surface area contributed by atoms with Gasteiger partial charge in [-0.25, -0.2) is 9.48 Å². The number of hydrogen-bond donors (Lipinski definition) is 0. The molecule has 1 aromatic rings. The van der Waals surface area contributed by atoms with Gasteiger partial charge in [-0.2, -0.15) is 18.6 Å². The zero-order valence-electron chi connectivity index (χ0n) is 24.7. The number of hydrogen-bond acceptors (Lipinski definition) is 7. The minimum absolute atomic E-state index is 0. The second-order valence-corrected chi connectivity index (χ2v) is 12.5. The van der Waals surface area contributed by atoms with Crippen LogP contribution in [-0.2, 0) is 25.5 Å². The summed E-state index contributed by atoms with van der Waals surface area (Å²) in [5.74, 6) is -0.0937. The fraction of sp³-hybridized carbons (Fsp3) is 0.821. The molecule has 0 radical (unpaired) electrons. The molecule has 0 N–H and O–H groups in total. The molecule has 218 valence electrons. The average molecular weight is 555 g/mol. The molecule has 0 bridgehead atoms. The third-order valence-corrected chi connectivity index (χ3v) is 7.73. The molecule has 2 heterocycles. The van der Waals surface area contributed by atoms with Crippen molar-refractivity contribution in [3.63, 3.8) is 0 Å². The Morgan fingerprint density at radius 2 is 1.89 bits per heavy atom. The van der Waals surface area contributed by atoms with Gasteiger partial charge in [0.25, 0.3) is 0 Å². The van der Waals surface area contributed by atoms with Crippen molar-refractivity contribution < 1.29 is 23.8 Å². The molecule has 38 heavy (non-hydrogen) atoms. The first-order chi connectivity index (χ1) is 17.3. The van der Waals surface area contributed by atoms with Crippen molar-refractivity contribution in [3.05, 3.63) is 17.5 Å². The number of amides is 1. The standard InChI is InChI=1S/C28H48N4O5.H2S/c1-27(2,3)37-26(34)31(7)15-14-30(6)18-21-19-32(23-11-9-10-16-36-23)29-24(21)20-12-13-28(4,5)22(17-20)25(33)35-8;/h19-20,22-23H,9-18H2,1-8H3;1H2/t20?,22-,23?;/m1./s1. The maximum atomic E-state index is 12.6. The molecule has 9 nitrogen and oxygen atoms in total. The summed E-state index contributed by atoms with van der Waals surface area (Å²) in [5, 5.41) is 5.07. The van der Waals surface area contributed by atoms with E-state index < -0.39 is 5.60 Å². The third kappa shape index (κ3) is 8.61. The van der Waals surface area contributed by atoms with Gasteiger partial charge in [-0.05, 0) is 71.8 Å². The number of carbonyl (C=O) groups excluding carboxylic acids is 2. The Morgan fingerprint density at radius 1 is 1.18 bits per heavy atom. The number of esters is 1. The van der Waals surface area contributed by atoms with Crippen LogP contribution in [0.5, 0.6) is 0 Å². The molecule has 0 aromatic carbocycles. The zero-order valence-corrected chi connectivity index (χ0v) is 25.7. The molecular weight excluding hydrogens is 504 g/mol. The molecule has 3 rings (SSSR count). The second kappa shape index (κ2) is 13.5. The monoisotopic (exact) mass is 554 g/mol. The Morgan fingerprint density at radius 3 is 2.50 bits per heavy atom. The molecule has 1 saturated carbocycles. The lowest BCUT2D eigenvalue weighted by Crippen LogP contribution is -2.38. The molecule has 2 aliphatic rings. The number of rotatable bonds is 8. The van der Waals surface area contributed by atoms with E-state index in [1.807, 2.05) is 25.5 Å². The molecule has 1 aromatic heterocycles. The van der Waals surface area contributed by atoms with Gasteiger partial charge in [0.05, 0.1) is 18.7 Å². The number of nitrogens with zero attached hydrogens (tertiary/aromatic N) is 4. The van der Waals surface area contributed by atoms with Crippen molar-refractivity contribution >= 4 is 25.6 Å². The van der Waals surface area contributed by atoms with Gasteiger partial charge in [-0.15, -0.1) is 0 Å². The van der Waals surface area contributed by atoms with E-state index in [1.165, 1.54) is 7.11 Å². The highest BCUT2D eigenvalue weighted by molar-refractivity contribution is 7.59. The molecule has 3 atom stereocenters. The number of likely N-dealkylation sites (N-methyl/N-ethyl adjacent to an activating group) is 2. The Labute approximate surface area is 236 Å². The topological polar surface area (TPSA) is 86.1 Å². The van der Waals surface area contributed by atoms with E-state index in [2.05, 4.69) is 32.0 Å². The van der Waals surface area contributed by atoms with Crippen LogP contribution in [0.3, 0.4) is 0 Å². The zero-order chi connectivity index (χ0) is 27.4. The van der Waals surface area contributed by atoms with Crippen molar-refractivity contribution in [3.8, 4) is 0 Å². The summed E-state index contributed by atoms with van der Waals surface area (Å²) in [5.41, 5.74) is 1.61. The van der Waals surface area contributed by atoms with E-state index in [9.17, 15) is 9.59 Å². The highest BCUT2D eigenvalue weighted by atomic mass is 32.1. The predicted octanol–water partition coefficient (Wildman–Crippen LogP) is 5.08. The summed E-state index contributed by atoms with van der Waals surface area (Å²) in [6, 6.07) is 0. The minimum Gasteiger partial charge on any atom is -0.469 e. The van der Waals surface area contributed by atoms with Gasteiger partial charge < -0.3 is 24.0 Å². The maximum absolute atomic E-state index is 12.6. The van der Waals surface area contributed by atoms with Gasteiger partial charge in [-0.3, -0.25) is 4.79 Å². The smallest absolute Gasteiger partial charge is 0.410 e. The van der Waals surface area contributed by atoms with E-state index >= 15 is 0 Å². The quantitative estimate of drug-likeness (QED) is 0.415. The molecule has 0 spiro atoms. The first-order valence-corrected chi connectivity index (χ1v) is 13.7. The molecule has 1 aliphatic heterocycles. The average Bonchev–Trinajstić information content (AvgIpc) is 3.25. The van der Waals surface area contributed by atoms with Gasteiger partial charge in [0, 0.05) is 51.0 Å². The first kappa shape index (κ1) is 32.4. The lowest BCUT2D eigenvalue weighted by molar-refractivity contribution is -0.151. The summed E-state index contributed by atoms with van der Waals surface area (Å²) < 4.78 is 18.7. The second-order valence-electron chi connectivity index (χ2n) is 12.5. The van der Waals surface area contributed by atoms with Crippen LogP contribution in [0, 0.1) is 11.3 Å². The Bertz CT molecular complexity index is 923. The van der Waals surface area contributed by atoms with Crippen LogP contribution in [0.4, 0.5) is 4.79 Å². The Balaban J connectivity index is 0.00000507. The van der Waals surface area contributed by atoms with E-state index in [-0.39, 0.29) is 49.0 Å². The third-order valence-electron chi connectivity index (χ3n) is 7.73. The predicted molar refractivity (Wildman–Crippen MR) is 153 cm³/mol. The van der Waals surface area contributed by atoms with Crippen LogP contribution in [0.2, 0.25) is 0 Å². The Kier molecular flexibility index (Phi) is 11.5. The molecule has 2 unspecified atom stereocenters. The van der Waals surface area contributed by atoms with E-state index in [0.717, 1.165) is 56.4 Å². The van der Waals surface area contributed by atoms with Gasteiger partial charge in [0.15, 0.2) is 0 Å². The van der Waals surface area contributed by atoms with Crippen molar-refractivity contribution in [2.75, 3.05) is 40.9 Å². The number of ether oxygens (including phenoxy) is 3. The van der Waals surface area contributed by atoms with Gasteiger partial charge in [0.2, 0.25) is 0 Å². The number of aromatic nitrogens is 2. The van der Waals surface area contributed by atoms with Crippen LogP contribution in [0.1, 0.15) is 96.5 Å². The lowest BCUT2D eigenvalue weighted by Gasteiger charge is -2.40. The first-order valence-electron chi connectivity index (χ1n) is 13.7. The van der Waals surface area contributed by atoms with Crippen molar-refractivity contribution in [1.82, 2.24) is 19.6 Å². The van der Waals surface area contributed by atoms with E-state index in [4.69, 9.17) is 19.3 Å². The van der Waals surface area contributed by atoms with E-state index in [1.54, 1.807) is 11.9 Å². The van der Waals surface area contributed by atoms with Crippen LogP contribution >= 0.6 is 13.5 Å². The van der Waals surface area contributed by atoms with Crippen molar-refractivity contribution in [2.24, 2.45) is 11.3 Å². The van der Waals surface area contributed by atoms with Crippen LogP contribution < -0.4 is 0 Å². The summed E-state index contributed by atoms with van der Waals surface area (Å²) in [6.07, 6.45) is 7.62. The van der Waals surface area contributed by atoms with Gasteiger partial charge in [0.1, 0.15) is 11.8 Å². The van der Waals surface area contributed by atoms with Crippen LogP contribution in [0.15, 0.2) is 6.20 Å². The van der Waals surface area contributed by atoms with Crippen LogP contribution in [-0.4, -0.2) is 78.1 Å². The summed E-state index contributed by atoms with van der Waals surface area (Å²) in [4.78, 5) is 28.8. The molecule has 2 fully saturated rings. The molecule has 1 saturated heterocycles. The highest BCUT2D eigenvalue weighted by Gasteiger charge is 2.43. The highest BCUT2D eigenvalue weighted by Crippen LogP contribution is 2.47. The molecule has 1 amide bonds. The summed E-state index contributed by atoms with van der Waals surface area (Å²) in [7, 11) is 5.30. The normalized spacial score (nSPS) is 23.4. The molecule has 1 aliphatic carbocycles. The van der Waals surface area contributed by atoms with E-state index in [0.29, 0.717) is 19.6 Å². The van der Waals surface area contributed by atoms with Gasteiger partial charge >= 0.3 is 12.1 Å². The van der Waals surface area contributed by atoms with Crippen molar-refractivity contribution in [2.45, 2.75) is 97.4 Å². The van der Waals surface area contributed by atoms with Gasteiger partial charge in [-0.1, -0.05) is 13.8 Å². The SMILES string of the molecule is COC(=O)[C@H]1CC(c2nn(C3CCCCO3)cc2CN(C)CCN(C)C(=O)OC(C)(C)C)CCC1(C)C.S. The molecule has 10 heteroatoms.